The first kappa shape index (κ1) is 18.2. The molecule has 5 nitrogen and oxygen atoms in total. The minimum Gasteiger partial charge on any atom is -0.328 e. The van der Waals surface area contributed by atoms with E-state index >= 15 is 0 Å². The van der Waals surface area contributed by atoms with Crippen molar-refractivity contribution in [2.75, 3.05) is 20.1 Å². The van der Waals surface area contributed by atoms with Gasteiger partial charge in [0.25, 0.3) is 10.2 Å². The van der Waals surface area contributed by atoms with Gasteiger partial charge in [0.1, 0.15) is 0 Å². The molecule has 1 saturated carbocycles. The van der Waals surface area contributed by atoms with Crippen molar-refractivity contribution in [2.24, 2.45) is 11.7 Å². The van der Waals surface area contributed by atoms with Crippen molar-refractivity contribution in [1.82, 2.24) is 8.61 Å². The van der Waals surface area contributed by atoms with Crippen molar-refractivity contribution in [1.29, 1.82) is 0 Å². The van der Waals surface area contributed by atoms with Crippen LogP contribution in [0.15, 0.2) is 0 Å². The third-order valence-electron chi connectivity index (χ3n) is 4.71. The minimum absolute atomic E-state index is 0. The monoisotopic (exact) mass is 325 g/mol. The number of hydrogen-bond donors (Lipinski definition) is 1. The van der Waals surface area contributed by atoms with Gasteiger partial charge >= 0.3 is 0 Å². The Labute approximate surface area is 129 Å². The standard InChI is InChI=1S/C13H27N3O2S.ClH/c1-11(14)12-8-9-16(10-12)19(17,18)15(2)13-6-4-3-5-7-13;/h11-13H,3-10,14H2,1-2H3;1H. The van der Waals surface area contributed by atoms with Crippen LogP contribution in [0.25, 0.3) is 0 Å². The average molecular weight is 326 g/mol. The highest BCUT2D eigenvalue weighted by atomic mass is 35.5. The van der Waals surface area contributed by atoms with Crippen molar-refractivity contribution in [3.8, 4) is 0 Å². The van der Waals surface area contributed by atoms with E-state index in [0.717, 1.165) is 32.1 Å². The Balaban J connectivity index is 0.00000200. The van der Waals surface area contributed by atoms with Crippen LogP contribution in [-0.4, -0.2) is 49.2 Å². The first-order valence-corrected chi connectivity index (χ1v) is 8.81. The van der Waals surface area contributed by atoms with E-state index < -0.39 is 10.2 Å². The lowest BCUT2D eigenvalue weighted by atomic mass is 9.96. The van der Waals surface area contributed by atoms with Crippen LogP contribution in [0.4, 0.5) is 0 Å². The summed E-state index contributed by atoms with van der Waals surface area (Å²) in [5.41, 5.74) is 5.89. The molecule has 2 fully saturated rings. The van der Waals surface area contributed by atoms with E-state index in [2.05, 4.69) is 0 Å². The zero-order valence-electron chi connectivity index (χ0n) is 12.5. The summed E-state index contributed by atoms with van der Waals surface area (Å²) < 4.78 is 28.5. The van der Waals surface area contributed by atoms with Gasteiger partial charge in [0.05, 0.1) is 0 Å². The van der Waals surface area contributed by atoms with Crippen molar-refractivity contribution in [2.45, 2.75) is 57.5 Å². The smallest absolute Gasteiger partial charge is 0.281 e. The molecule has 0 bridgehead atoms. The maximum Gasteiger partial charge on any atom is 0.281 e. The molecule has 0 aromatic heterocycles. The number of rotatable bonds is 4. The van der Waals surface area contributed by atoms with Gasteiger partial charge in [-0.2, -0.15) is 17.0 Å². The summed E-state index contributed by atoms with van der Waals surface area (Å²) in [5, 5.41) is 0. The molecule has 0 aromatic rings. The molecule has 7 heteroatoms. The van der Waals surface area contributed by atoms with Crippen LogP contribution in [0.5, 0.6) is 0 Å². The Kier molecular flexibility index (Phi) is 6.73. The molecule has 20 heavy (non-hydrogen) atoms. The molecule has 2 unspecified atom stereocenters. The summed E-state index contributed by atoms with van der Waals surface area (Å²) in [7, 11) is -1.55. The number of halogens is 1. The van der Waals surface area contributed by atoms with E-state index in [0.29, 0.717) is 19.0 Å². The first-order chi connectivity index (χ1) is 8.93. The summed E-state index contributed by atoms with van der Waals surface area (Å²) in [6.07, 6.45) is 6.41. The molecule has 2 aliphatic rings. The fraction of sp³-hybridized carbons (Fsp3) is 1.00. The molecule has 1 aliphatic carbocycles. The van der Waals surface area contributed by atoms with Gasteiger partial charge in [-0.15, -0.1) is 12.4 Å². The summed E-state index contributed by atoms with van der Waals surface area (Å²) in [6, 6.07) is 0.258. The van der Waals surface area contributed by atoms with Gasteiger partial charge in [0.15, 0.2) is 0 Å². The Morgan fingerprint density at radius 3 is 2.30 bits per heavy atom. The average Bonchev–Trinajstić information content (AvgIpc) is 2.89. The van der Waals surface area contributed by atoms with Crippen molar-refractivity contribution < 1.29 is 8.42 Å². The fourth-order valence-corrected chi connectivity index (χ4v) is 4.88. The van der Waals surface area contributed by atoms with E-state index in [1.165, 1.54) is 6.42 Å². The first-order valence-electron chi connectivity index (χ1n) is 7.41. The maximum absolute atomic E-state index is 12.6. The van der Waals surface area contributed by atoms with Crippen LogP contribution in [-0.2, 0) is 10.2 Å². The van der Waals surface area contributed by atoms with Crippen molar-refractivity contribution in [3.63, 3.8) is 0 Å². The molecule has 0 amide bonds. The summed E-state index contributed by atoms with van der Waals surface area (Å²) in [4.78, 5) is 0. The van der Waals surface area contributed by atoms with Crippen molar-refractivity contribution >= 4 is 22.6 Å². The lowest BCUT2D eigenvalue weighted by molar-refractivity contribution is 0.267. The SMILES string of the molecule is CC(N)C1CCN(S(=O)(=O)N(C)C2CCCCC2)C1.Cl. The van der Waals surface area contributed by atoms with Crippen LogP contribution >= 0.6 is 12.4 Å². The Morgan fingerprint density at radius 2 is 1.80 bits per heavy atom. The molecule has 1 aliphatic heterocycles. The minimum atomic E-state index is -3.29. The number of hydrogen-bond acceptors (Lipinski definition) is 3. The summed E-state index contributed by atoms with van der Waals surface area (Å²) in [6.45, 7) is 3.16. The molecular formula is C13H28ClN3O2S. The molecule has 2 atom stereocenters. The fourth-order valence-electron chi connectivity index (χ4n) is 3.21. The largest absolute Gasteiger partial charge is 0.328 e. The van der Waals surface area contributed by atoms with Crippen LogP contribution in [0.2, 0.25) is 0 Å². The van der Waals surface area contributed by atoms with Crippen LogP contribution < -0.4 is 5.73 Å². The van der Waals surface area contributed by atoms with E-state index in [4.69, 9.17) is 5.73 Å². The van der Waals surface area contributed by atoms with Gasteiger partial charge in [-0.25, -0.2) is 0 Å². The molecule has 2 rings (SSSR count). The Hall–Kier alpha value is 0.120. The highest BCUT2D eigenvalue weighted by molar-refractivity contribution is 7.86. The lowest BCUT2D eigenvalue weighted by Gasteiger charge is -2.33. The second kappa shape index (κ2) is 7.40. The maximum atomic E-state index is 12.6. The second-order valence-corrected chi connectivity index (χ2v) is 8.07. The predicted octanol–water partition coefficient (Wildman–Crippen LogP) is 1.59. The highest BCUT2D eigenvalue weighted by Gasteiger charge is 2.37. The normalized spacial score (nSPS) is 27.5. The Morgan fingerprint density at radius 1 is 1.20 bits per heavy atom. The highest BCUT2D eigenvalue weighted by Crippen LogP contribution is 2.28. The van der Waals surface area contributed by atoms with E-state index in [9.17, 15) is 8.42 Å². The quantitative estimate of drug-likeness (QED) is 0.853. The van der Waals surface area contributed by atoms with Crippen LogP contribution in [0.3, 0.4) is 0 Å². The number of nitrogens with two attached hydrogens (primary N) is 1. The third kappa shape index (κ3) is 3.85. The van der Waals surface area contributed by atoms with E-state index in [-0.39, 0.29) is 24.5 Å². The molecule has 1 saturated heterocycles. The van der Waals surface area contributed by atoms with Gasteiger partial charge < -0.3 is 5.73 Å². The Bertz CT molecular complexity index is 396. The lowest BCUT2D eigenvalue weighted by Crippen LogP contribution is -2.46. The molecule has 0 aromatic carbocycles. The van der Waals surface area contributed by atoms with Crippen molar-refractivity contribution in [3.05, 3.63) is 0 Å². The summed E-state index contributed by atoms with van der Waals surface area (Å²) in [5.74, 6) is 0.300. The van der Waals surface area contributed by atoms with Gasteiger partial charge in [-0.3, -0.25) is 0 Å². The molecule has 1 heterocycles. The molecule has 0 spiro atoms. The molecule has 0 radical (unpaired) electrons. The van der Waals surface area contributed by atoms with Gasteiger partial charge in [-0.1, -0.05) is 19.3 Å². The zero-order valence-corrected chi connectivity index (χ0v) is 14.1. The number of nitrogens with zero attached hydrogens (tertiary/aromatic N) is 2. The van der Waals surface area contributed by atoms with Crippen LogP contribution in [0.1, 0.15) is 45.4 Å². The molecular weight excluding hydrogens is 298 g/mol. The van der Waals surface area contributed by atoms with Gasteiger partial charge in [0.2, 0.25) is 0 Å². The van der Waals surface area contributed by atoms with Gasteiger partial charge in [-0.05, 0) is 32.1 Å². The predicted molar refractivity (Wildman–Crippen MR) is 84.1 cm³/mol. The second-order valence-electron chi connectivity index (χ2n) is 6.08. The molecule has 120 valence electrons. The van der Waals surface area contributed by atoms with E-state index in [1.807, 2.05) is 6.92 Å². The molecule has 2 N–H and O–H groups in total. The topological polar surface area (TPSA) is 66.6 Å². The third-order valence-corrected chi connectivity index (χ3v) is 6.72. The zero-order chi connectivity index (χ0) is 14.0. The van der Waals surface area contributed by atoms with Crippen LogP contribution in [0, 0.1) is 5.92 Å². The van der Waals surface area contributed by atoms with Gasteiger partial charge in [0, 0.05) is 32.2 Å². The van der Waals surface area contributed by atoms with E-state index in [1.54, 1.807) is 15.7 Å². The summed E-state index contributed by atoms with van der Waals surface area (Å²) >= 11 is 0.